The molecule has 1 aliphatic rings. The maximum Gasteiger partial charge on any atom is 0.162 e. The van der Waals surface area contributed by atoms with Gasteiger partial charge in [0.05, 0.1) is 6.04 Å². The van der Waals surface area contributed by atoms with Gasteiger partial charge in [-0.1, -0.05) is 0 Å². The van der Waals surface area contributed by atoms with Gasteiger partial charge in [-0.3, -0.25) is 0 Å². The van der Waals surface area contributed by atoms with Crippen molar-refractivity contribution in [3.63, 3.8) is 0 Å². The second kappa shape index (κ2) is 4.06. The monoisotopic (exact) mass is 308 g/mol. The standard InChI is InChI=1S/C7H10Br2N4/c8-6-7(9)12-13(11-6)5-2-1-3-10-4-5/h5,10H,1-4H2. The van der Waals surface area contributed by atoms with Crippen molar-refractivity contribution in [1.82, 2.24) is 20.3 Å². The summed E-state index contributed by atoms with van der Waals surface area (Å²) in [5.74, 6) is 0. The van der Waals surface area contributed by atoms with Gasteiger partial charge in [-0.05, 0) is 51.2 Å². The van der Waals surface area contributed by atoms with Crippen molar-refractivity contribution < 1.29 is 0 Å². The first kappa shape index (κ1) is 9.61. The third kappa shape index (κ3) is 2.11. The molecule has 72 valence electrons. The predicted octanol–water partition coefficient (Wildman–Crippen LogP) is 1.73. The molecule has 0 saturated carbocycles. The summed E-state index contributed by atoms with van der Waals surface area (Å²) in [5, 5.41) is 11.9. The number of nitrogens with zero attached hydrogens (tertiary/aromatic N) is 3. The van der Waals surface area contributed by atoms with Gasteiger partial charge in [-0.25, -0.2) is 0 Å². The Hall–Kier alpha value is 0.0600. The van der Waals surface area contributed by atoms with E-state index in [1.807, 2.05) is 0 Å². The zero-order valence-electron chi connectivity index (χ0n) is 7.00. The van der Waals surface area contributed by atoms with Gasteiger partial charge in [0.25, 0.3) is 0 Å². The minimum atomic E-state index is 0.399. The van der Waals surface area contributed by atoms with Gasteiger partial charge >= 0.3 is 0 Å². The summed E-state index contributed by atoms with van der Waals surface area (Å²) in [4.78, 5) is 1.78. The Bertz CT molecular complexity index is 273. The first-order chi connectivity index (χ1) is 6.27. The molecule has 0 bridgehead atoms. The van der Waals surface area contributed by atoms with Crippen LogP contribution in [0.4, 0.5) is 0 Å². The van der Waals surface area contributed by atoms with E-state index >= 15 is 0 Å². The van der Waals surface area contributed by atoms with E-state index in [2.05, 4.69) is 47.4 Å². The lowest BCUT2D eigenvalue weighted by Gasteiger charge is -2.21. The first-order valence-electron chi connectivity index (χ1n) is 4.26. The summed E-state index contributed by atoms with van der Waals surface area (Å²) in [6.07, 6.45) is 2.35. The van der Waals surface area contributed by atoms with E-state index < -0.39 is 0 Å². The van der Waals surface area contributed by atoms with E-state index in [-0.39, 0.29) is 0 Å². The van der Waals surface area contributed by atoms with Gasteiger partial charge in [0.15, 0.2) is 9.21 Å². The minimum Gasteiger partial charge on any atom is -0.315 e. The molecule has 13 heavy (non-hydrogen) atoms. The largest absolute Gasteiger partial charge is 0.315 e. The van der Waals surface area contributed by atoms with Crippen LogP contribution in [0.25, 0.3) is 0 Å². The molecule has 0 spiro atoms. The van der Waals surface area contributed by atoms with Crippen LogP contribution in [0.3, 0.4) is 0 Å². The van der Waals surface area contributed by atoms with E-state index in [9.17, 15) is 0 Å². The molecule has 2 rings (SSSR count). The van der Waals surface area contributed by atoms with Gasteiger partial charge < -0.3 is 5.32 Å². The van der Waals surface area contributed by atoms with Crippen LogP contribution in [-0.2, 0) is 0 Å². The Kier molecular flexibility index (Phi) is 3.00. The molecule has 1 aliphatic heterocycles. The van der Waals surface area contributed by atoms with E-state index in [1.54, 1.807) is 4.80 Å². The Morgan fingerprint density at radius 1 is 1.31 bits per heavy atom. The molecule has 1 unspecified atom stereocenters. The quantitative estimate of drug-likeness (QED) is 0.859. The molecule has 1 aromatic rings. The molecule has 1 aromatic heterocycles. The van der Waals surface area contributed by atoms with Gasteiger partial charge in [0.2, 0.25) is 0 Å². The molecule has 1 atom stereocenters. The average molecular weight is 310 g/mol. The Balaban J connectivity index is 2.14. The van der Waals surface area contributed by atoms with E-state index in [4.69, 9.17) is 0 Å². The van der Waals surface area contributed by atoms with Gasteiger partial charge in [-0.15, -0.1) is 10.2 Å². The molecule has 1 fully saturated rings. The highest BCUT2D eigenvalue weighted by Gasteiger charge is 2.18. The van der Waals surface area contributed by atoms with Gasteiger partial charge in [0.1, 0.15) is 0 Å². The maximum absolute atomic E-state index is 4.27. The minimum absolute atomic E-state index is 0.399. The summed E-state index contributed by atoms with van der Waals surface area (Å²) >= 11 is 6.64. The van der Waals surface area contributed by atoms with E-state index in [1.165, 1.54) is 6.42 Å². The lowest BCUT2D eigenvalue weighted by atomic mass is 10.1. The highest BCUT2D eigenvalue weighted by atomic mass is 79.9. The Morgan fingerprint density at radius 2 is 2.00 bits per heavy atom. The van der Waals surface area contributed by atoms with E-state index in [0.717, 1.165) is 28.7 Å². The van der Waals surface area contributed by atoms with Crippen LogP contribution >= 0.6 is 31.9 Å². The fourth-order valence-corrected chi connectivity index (χ4v) is 1.96. The SMILES string of the molecule is Brc1nn(C2CCCNC2)nc1Br. The highest BCUT2D eigenvalue weighted by Crippen LogP contribution is 2.21. The molecule has 1 saturated heterocycles. The molecule has 4 nitrogen and oxygen atoms in total. The molecular formula is C7H10Br2N4. The number of halogens is 2. The van der Waals surface area contributed by atoms with Crippen molar-refractivity contribution in [2.24, 2.45) is 0 Å². The lowest BCUT2D eigenvalue weighted by Crippen LogP contribution is -2.32. The average Bonchev–Trinajstić information content (AvgIpc) is 2.49. The summed E-state index contributed by atoms with van der Waals surface area (Å²) in [6.45, 7) is 2.08. The van der Waals surface area contributed by atoms with Crippen LogP contribution in [0.15, 0.2) is 9.21 Å². The summed E-state index contributed by atoms with van der Waals surface area (Å²) in [5.41, 5.74) is 0. The molecule has 2 heterocycles. The zero-order valence-corrected chi connectivity index (χ0v) is 10.2. The summed E-state index contributed by atoms with van der Waals surface area (Å²) in [7, 11) is 0. The highest BCUT2D eigenvalue weighted by molar-refractivity contribution is 9.13. The number of nitrogens with one attached hydrogen (secondary N) is 1. The molecule has 0 amide bonds. The normalized spacial score (nSPS) is 23.4. The van der Waals surface area contributed by atoms with Crippen LogP contribution in [0.2, 0.25) is 0 Å². The fraction of sp³-hybridized carbons (Fsp3) is 0.714. The summed E-state index contributed by atoms with van der Waals surface area (Å²) in [6, 6.07) is 0.399. The molecule has 0 aliphatic carbocycles. The lowest BCUT2D eigenvalue weighted by molar-refractivity contribution is 0.316. The predicted molar refractivity (Wildman–Crippen MR) is 56.6 cm³/mol. The smallest absolute Gasteiger partial charge is 0.162 e. The van der Waals surface area contributed by atoms with Crippen molar-refractivity contribution >= 4 is 31.9 Å². The molecule has 1 N–H and O–H groups in total. The molecular weight excluding hydrogens is 300 g/mol. The van der Waals surface area contributed by atoms with Crippen molar-refractivity contribution in [2.75, 3.05) is 13.1 Å². The third-order valence-corrected chi connectivity index (χ3v) is 3.75. The molecule has 0 radical (unpaired) electrons. The third-order valence-electron chi connectivity index (χ3n) is 2.15. The summed E-state index contributed by atoms with van der Waals surface area (Å²) < 4.78 is 1.55. The van der Waals surface area contributed by atoms with Crippen LogP contribution in [-0.4, -0.2) is 28.1 Å². The second-order valence-corrected chi connectivity index (χ2v) is 4.60. The number of hydrogen-bond donors (Lipinski definition) is 1. The fourth-order valence-electron chi connectivity index (χ4n) is 1.48. The Morgan fingerprint density at radius 3 is 2.54 bits per heavy atom. The van der Waals surface area contributed by atoms with Crippen molar-refractivity contribution in [3.8, 4) is 0 Å². The van der Waals surface area contributed by atoms with Crippen LogP contribution in [0.5, 0.6) is 0 Å². The van der Waals surface area contributed by atoms with Crippen LogP contribution in [0, 0.1) is 0 Å². The second-order valence-electron chi connectivity index (χ2n) is 3.10. The number of rotatable bonds is 1. The van der Waals surface area contributed by atoms with Crippen molar-refractivity contribution in [3.05, 3.63) is 9.21 Å². The Labute approximate surface area is 93.3 Å². The van der Waals surface area contributed by atoms with Crippen molar-refractivity contribution in [1.29, 1.82) is 0 Å². The molecule has 6 heteroatoms. The van der Waals surface area contributed by atoms with Crippen LogP contribution in [0.1, 0.15) is 18.9 Å². The van der Waals surface area contributed by atoms with Crippen molar-refractivity contribution in [2.45, 2.75) is 18.9 Å². The number of aromatic nitrogens is 3. The van der Waals surface area contributed by atoms with E-state index in [0.29, 0.717) is 6.04 Å². The van der Waals surface area contributed by atoms with Gasteiger partial charge in [0, 0.05) is 6.54 Å². The topological polar surface area (TPSA) is 42.7 Å². The number of piperidine rings is 1. The molecule has 0 aromatic carbocycles. The maximum atomic E-state index is 4.27. The van der Waals surface area contributed by atoms with Crippen LogP contribution < -0.4 is 5.32 Å². The number of hydrogen-bond acceptors (Lipinski definition) is 3. The first-order valence-corrected chi connectivity index (χ1v) is 5.84. The zero-order chi connectivity index (χ0) is 9.26. The van der Waals surface area contributed by atoms with Gasteiger partial charge in [-0.2, -0.15) is 4.80 Å².